The summed E-state index contributed by atoms with van der Waals surface area (Å²) in [4.78, 5) is 0. The summed E-state index contributed by atoms with van der Waals surface area (Å²) in [6.45, 7) is 0. The summed E-state index contributed by atoms with van der Waals surface area (Å²) < 4.78 is 24.5. The van der Waals surface area contributed by atoms with Crippen LogP contribution in [0.2, 0.25) is 0 Å². The van der Waals surface area contributed by atoms with E-state index in [1.807, 2.05) is 6.04 Å². The topological polar surface area (TPSA) is 12.0 Å². The second-order valence-corrected chi connectivity index (χ2v) is 2.14. The lowest BCUT2D eigenvalue weighted by Gasteiger charge is -2.35. The van der Waals surface area contributed by atoms with Gasteiger partial charge in [0.05, 0.1) is 6.04 Å². The minimum atomic E-state index is -2.56. The van der Waals surface area contributed by atoms with Gasteiger partial charge in [0, 0.05) is 12.5 Å². The summed E-state index contributed by atoms with van der Waals surface area (Å²) in [5.74, 6) is -2.56. The van der Waals surface area contributed by atoms with Crippen molar-refractivity contribution in [1.29, 1.82) is 0 Å². The molecule has 1 atom stereocenters. The summed E-state index contributed by atoms with van der Waals surface area (Å²) in [6.07, 6.45) is 5.21. The Hall–Kier alpha value is -0.780. The molecule has 1 saturated carbocycles. The minimum absolute atomic E-state index is 0.0354. The number of hydrogen-bond acceptors (Lipinski definition) is 1. The molecule has 0 aromatic rings. The Labute approximate surface area is 52.4 Å². The Bertz CT molecular complexity index is 148. The van der Waals surface area contributed by atoms with Gasteiger partial charge in [-0.25, -0.2) is 8.78 Å². The fraction of sp³-hybridized carbons (Fsp3) is 0.667. The zero-order chi connectivity index (χ0) is 6.91. The van der Waals surface area contributed by atoms with Crippen molar-refractivity contribution in [2.24, 2.45) is 0 Å². The Kier molecular flexibility index (Phi) is 1.32. The SMILES string of the molecule is C#CNC1CCC1(F)F. The lowest BCUT2D eigenvalue weighted by molar-refractivity contribution is -0.100. The van der Waals surface area contributed by atoms with Crippen LogP contribution >= 0.6 is 0 Å². The Morgan fingerprint density at radius 3 is 2.44 bits per heavy atom. The maximum Gasteiger partial charge on any atom is 0.268 e. The van der Waals surface area contributed by atoms with Crippen LogP contribution in [0.15, 0.2) is 0 Å². The minimum Gasteiger partial charge on any atom is -0.337 e. The molecule has 0 aromatic heterocycles. The van der Waals surface area contributed by atoms with Gasteiger partial charge in [-0.2, -0.15) is 0 Å². The lowest BCUT2D eigenvalue weighted by Crippen LogP contribution is -2.51. The van der Waals surface area contributed by atoms with E-state index in [0.29, 0.717) is 6.42 Å². The molecule has 1 aliphatic carbocycles. The average molecular weight is 131 g/mol. The molecule has 3 heteroatoms. The van der Waals surface area contributed by atoms with E-state index in [9.17, 15) is 8.78 Å². The first-order valence-electron chi connectivity index (χ1n) is 2.76. The first-order chi connectivity index (χ1) is 4.17. The maximum absolute atomic E-state index is 12.2. The van der Waals surface area contributed by atoms with Crippen LogP contribution in [0.1, 0.15) is 12.8 Å². The van der Waals surface area contributed by atoms with E-state index in [1.165, 1.54) is 0 Å². The fourth-order valence-electron chi connectivity index (χ4n) is 0.785. The van der Waals surface area contributed by atoms with Crippen molar-refractivity contribution in [2.45, 2.75) is 24.8 Å². The van der Waals surface area contributed by atoms with E-state index < -0.39 is 12.0 Å². The normalized spacial score (nSPS) is 30.1. The van der Waals surface area contributed by atoms with E-state index in [0.717, 1.165) is 0 Å². The number of rotatable bonds is 1. The molecule has 0 amide bonds. The largest absolute Gasteiger partial charge is 0.337 e. The molecule has 1 fully saturated rings. The highest BCUT2D eigenvalue weighted by molar-refractivity contribution is 4.99. The van der Waals surface area contributed by atoms with Gasteiger partial charge in [0.25, 0.3) is 5.92 Å². The van der Waals surface area contributed by atoms with Gasteiger partial charge < -0.3 is 5.32 Å². The molecule has 0 bridgehead atoms. The van der Waals surface area contributed by atoms with Crippen molar-refractivity contribution in [3.8, 4) is 12.5 Å². The number of alkyl halides is 2. The van der Waals surface area contributed by atoms with Crippen molar-refractivity contribution in [3.05, 3.63) is 0 Å². The molecule has 0 radical (unpaired) electrons. The van der Waals surface area contributed by atoms with E-state index in [4.69, 9.17) is 6.42 Å². The fourth-order valence-corrected chi connectivity index (χ4v) is 0.785. The Morgan fingerprint density at radius 2 is 2.33 bits per heavy atom. The number of halogens is 2. The van der Waals surface area contributed by atoms with Gasteiger partial charge in [-0.1, -0.05) is 6.42 Å². The third-order valence-corrected chi connectivity index (χ3v) is 1.53. The van der Waals surface area contributed by atoms with Crippen LogP contribution in [0, 0.1) is 12.5 Å². The highest BCUT2D eigenvalue weighted by Gasteiger charge is 2.47. The van der Waals surface area contributed by atoms with Gasteiger partial charge in [-0.3, -0.25) is 0 Å². The van der Waals surface area contributed by atoms with Gasteiger partial charge >= 0.3 is 0 Å². The highest BCUT2D eigenvalue weighted by Crippen LogP contribution is 2.37. The second kappa shape index (κ2) is 1.87. The zero-order valence-corrected chi connectivity index (χ0v) is 4.82. The summed E-state index contributed by atoms with van der Waals surface area (Å²) in [6, 6.07) is 1.22. The molecule has 0 saturated heterocycles. The molecular weight excluding hydrogens is 124 g/mol. The van der Waals surface area contributed by atoms with Gasteiger partial charge in [0.1, 0.15) is 0 Å². The Morgan fingerprint density at radius 1 is 1.67 bits per heavy atom. The molecule has 1 N–H and O–H groups in total. The number of nitrogens with one attached hydrogen (secondary N) is 1. The summed E-state index contributed by atoms with van der Waals surface area (Å²) >= 11 is 0. The van der Waals surface area contributed by atoms with Crippen molar-refractivity contribution in [1.82, 2.24) is 5.32 Å². The van der Waals surface area contributed by atoms with Crippen LogP contribution in [0.5, 0.6) is 0 Å². The number of hydrogen-bond donors (Lipinski definition) is 1. The standard InChI is InChI=1S/C6H7F2N/c1-2-9-5-3-4-6(5,7)8/h1,5,9H,3-4H2. The predicted molar refractivity (Wildman–Crippen MR) is 29.9 cm³/mol. The van der Waals surface area contributed by atoms with E-state index in [-0.39, 0.29) is 6.42 Å². The van der Waals surface area contributed by atoms with E-state index in [1.54, 1.807) is 0 Å². The van der Waals surface area contributed by atoms with Crippen LogP contribution in [0.4, 0.5) is 8.78 Å². The Balaban J connectivity index is 2.38. The smallest absolute Gasteiger partial charge is 0.268 e. The summed E-state index contributed by atoms with van der Waals surface area (Å²) in [7, 11) is 0. The molecule has 0 heterocycles. The van der Waals surface area contributed by atoms with Crippen molar-refractivity contribution >= 4 is 0 Å². The van der Waals surface area contributed by atoms with Gasteiger partial charge in [0.15, 0.2) is 0 Å². The zero-order valence-electron chi connectivity index (χ0n) is 4.82. The molecule has 1 unspecified atom stereocenters. The molecule has 1 nitrogen and oxygen atoms in total. The van der Waals surface area contributed by atoms with E-state index >= 15 is 0 Å². The lowest BCUT2D eigenvalue weighted by atomic mass is 9.88. The van der Waals surface area contributed by atoms with Crippen LogP contribution < -0.4 is 5.32 Å². The first kappa shape index (κ1) is 6.34. The first-order valence-corrected chi connectivity index (χ1v) is 2.76. The third-order valence-electron chi connectivity index (χ3n) is 1.53. The van der Waals surface area contributed by atoms with Crippen LogP contribution in [0.25, 0.3) is 0 Å². The van der Waals surface area contributed by atoms with Crippen LogP contribution in [-0.4, -0.2) is 12.0 Å². The molecule has 0 aromatic carbocycles. The van der Waals surface area contributed by atoms with Gasteiger partial charge in [0.2, 0.25) is 0 Å². The van der Waals surface area contributed by atoms with Crippen molar-refractivity contribution in [2.75, 3.05) is 0 Å². The molecule has 0 spiro atoms. The number of terminal acetylenes is 1. The summed E-state index contributed by atoms with van der Waals surface area (Å²) in [5, 5.41) is 2.25. The van der Waals surface area contributed by atoms with Crippen LogP contribution in [0.3, 0.4) is 0 Å². The average Bonchev–Trinajstić information content (AvgIpc) is 1.81. The maximum atomic E-state index is 12.2. The predicted octanol–water partition coefficient (Wildman–Crippen LogP) is 0.964. The third kappa shape index (κ3) is 0.973. The van der Waals surface area contributed by atoms with Gasteiger partial charge in [-0.05, 0) is 6.42 Å². The molecule has 1 rings (SSSR count). The quantitative estimate of drug-likeness (QED) is 0.413. The van der Waals surface area contributed by atoms with Crippen LogP contribution in [-0.2, 0) is 0 Å². The van der Waals surface area contributed by atoms with E-state index in [2.05, 4.69) is 5.32 Å². The molecule has 9 heavy (non-hydrogen) atoms. The second-order valence-electron chi connectivity index (χ2n) is 2.14. The van der Waals surface area contributed by atoms with Gasteiger partial charge in [-0.15, -0.1) is 0 Å². The molecular formula is C6H7F2N. The highest BCUT2D eigenvalue weighted by atomic mass is 19.3. The molecule has 0 aliphatic heterocycles. The van der Waals surface area contributed by atoms with Crippen molar-refractivity contribution in [3.63, 3.8) is 0 Å². The molecule has 50 valence electrons. The van der Waals surface area contributed by atoms with Crippen molar-refractivity contribution < 1.29 is 8.78 Å². The monoisotopic (exact) mass is 131 g/mol. The summed E-state index contributed by atoms with van der Waals surface area (Å²) in [5.41, 5.74) is 0. The molecule has 1 aliphatic rings.